The summed E-state index contributed by atoms with van der Waals surface area (Å²) < 4.78 is 33.9. The van der Waals surface area contributed by atoms with E-state index in [1.165, 1.54) is 116 Å². The van der Waals surface area contributed by atoms with E-state index >= 15 is 0 Å². The van der Waals surface area contributed by atoms with Crippen molar-refractivity contribution in [1.82, 2.24) is 5.32 Å². The monoisotopic (exact) mass is 1050 g/mol. The highest BCUT2D eigenvalue weighted by Gasteiger charge is 2.53. The zero-order valence-corrected chi connectivity index (χ0v) is 44.1. The topological polar surface area (TPSA) is 307 Å². The van der Waals surface area contributed by atoms with Gasteiger partial charge in [0, 0.05) is 6.42 Å². The van der Waals surface area contributed by atoms with E-state index in [0.717, 1.165) is 32.1 Å². The van der Waals surface area contributed by atoms with Gasteiger partial charge in [0.25, 0.3) is 0 Å². The number of ether oxygens (including phenoxy) is 6. The predicted molar refractivity (Wildman–Crippen MR) is 273 cm³/mol. The molecule has 19 heteroatoms. The molecule has 3 rings (SSSR count). The van der Waals surface area contributed by atoms with E-state index in [1.807, 2.05) is 13.0 Å². The van der Waals surface area contributed by atoms with Crippen LogP contribution in [0.2, 0.25) is 0 Å². The number of carbonyl (C=O) groups excluding carboxylic acids is 1. The molecular weight excluding hydrogens is 951 g/mol. The molecule has 0 aliphatic carbocycles. The first kappa shape index (κ1) is 65.6. The van der Waals surface area contributed by atoms with Gasteiger partial charge >= 0.3 is 0 Å². The molecule has 0 spiro atoms. The fraction of sp³-hybridized carbons (Fsp3) is 0.907. The highest BCUT2D eigenvalue weighted by molar-refractivity contribution is 5.76. The number of aliphatic hydroxyl groups excluding tert-OH is 11. The quantitative estimate of drug-likeness (QED) is 0.0308. The summed E-state index contributed by atoms with van der Waals surface area (Å²) in [5.74, 6) is -0.311. The minimum absolute atomic E-state index is 0.222. The smallest absolute Gasteiger partial charge is 0.220 e. The molecule has 3 aliphatic rings. The van der Waals surface area contributed by atoms with Crippen molar-refractivity contribution >= 4 is 5.91 Å². The Bertz CT molecular complexity index is 1440. The average molecular weight is 1050 g/mol. The maximum atomic E-state index is 12.9. The van der Waals surface area contributed by atoms with Crippen LogP contribution in [0.25, 0.3) is 0 Å². The summed E-state index contributed by atoms with van der Waals surface area (Å²) in [6, 6.07) is -0.981. The van der Waals surface area contributed by atoms with Crippen molar-refractivity contribution in [1.29, 1.82) is 0 Å². The van der Waals surface area contributed by atoms with E-state index in [-0.39, 0.29) is 18.9 Å². The summed E-state index contributed by atoms with van der Waals surface area (Å²) in [6.45, 7) is 1.50. The number of hydrogen-bond donors (Lipinski definition) is 12. The number of hydrogen-bond acceptors (Lipinski definition) is 18. The molecule has 0 saturated carbocycles. The van der Waals surface area contributed by atoms with Crippen LogP contribution in [0.1, 0.15) is 181 Å². The second-order valence-corrected chi connectivity index (χ2v) is 20.4. The zero-order valence-electron chi connectivity index (χ0n) is 44.1. The van der Waals surface area contributed by atoms with Crippen LogP contribution in [0.4, 0.5) is 0 Å². The Hall–Kier alpha value is -1.73. The van der Waals surface area contributed by atoms with Crippen LogP contribution in [0.5, 0.6) is 0 Å². The van der Waals surface area contributed by atoms with Crippen LogP contribution in [0.3, 0.4) is 0 Å². The van der Waals surface area contributed by atoms with E-state index in [1.54, 1.807) is 6.08 Å². The Morgan fingerprint density at radius 1 is 0.479 bits per heavy atom. The average Bonchev–Trinajstić information content (AvgIpc) is 3.38. The molecular formula is C54H99NO18. The second kappa shape index (κ2) is 38.8. The van der Waals surface area contributed by atoms with Crippen molar-refractivity contribution in [2.24, 2.45) is 0 Å². The number of nitrogens with one attached hydrogen (secondary N) is 1. The van der Waals surface area contributed by atoms with Crippen molar-refractivity contribution in [3.05, 3.63) is 24.3 Å². The normalized spacial score (nSPS) is 31.9. The summed E-state index contributed by atoms with van der Waals surface area (Å²) >= 11 is 0. The Morgan fingerprint density at radius 2 is 0.877 bits per heavy atom. The first-order valence-electron chi connectivity index (χ1n) is 28.1. The Labute approximate surface area is 435 Å². The number of carbonyl (C=O) groups is 1. The molecule has 3 heterocycles. The molecule has 73 heavy (non-hydrogen) atoms. The lowest BCUT2D eigenvalue weighted by Gasteiger charge is -2.48. The molecule has 0 aromatic heterocycles. The molecule has 3 aliphatic heterocycles. The van der Waals surface area contributed by atoms with Crippen molar-refractivity contribution in [2.45, 2.75) is 285 Å². The van der Waals surface area contributed by atoms with Gasteiger partial charge in [-0.15, -0.1) is 0 Å². The number of rotatable bonds is 40. The third-order valence-corrected chi connectivity index (χ3v) is 14.3. The SMILES string of the molecule is CCCCCCCCCCCCCCCCCCCCC/C=C/CC/C=C/C(O)C(COC1OC(CO)C(OC2OC(CO)C(OC3OC(CO)C(O)C(O)C3O)C(O)C2O)C(O)C1O)NC(=O)CCCCC. The molecule has 0 bridgehead atoms. The van der Waals surface area contributed by atoms with Gasteiger partial charge in [0.1, 0.15) is 73.2 Å². The molecule has 12 N–H and O–H groups in total. The standard InChI is InChI=1S/C54H99NO18/c1-3-5-7-8-9-10-11-12-13-14-15-16-17-18-19-20-21-22-23-24-25-26-27-28-30-31-38(59)37(55-42(60)32-29-6-4-2)36-68-52-48(66)45(63)50(40(34-57)70-52)73-54-49(67)46(64)51(41(35-58)71-54)72-53-47(65)44(62)43(61)39(33-56)69-53/h25-26,30-31,37-41,43-54,56-59,61-67H,3-24,27-29,32-36H2,1-2H3,(H,55,60)/b26-25+,31-30+. The zero-order chi connectivity index (χ0) is 53.4. The van der Waals surface area contributed by atoms with Gasteiger partial charge in [-0.3, -0.25) is 4.79 Å². The van der Waals surface area contributed by atoms with Crippen molar-refractivity contribution in [2.75, 3.05) is 26.4 Å². The minimum Gasteiger partial charge on any atom is -0.394 e. The Morgan fingerprint density at radius 3 is 1.37 bits per heavy atom. The Kier molecular flexibility index (Phi) is 34.8. The first-order chi connectivity index (χ1) is 35.3. The van der Waals surface area contributed by atoms with Crippen LogP contribution < -0.4 is 5.32 Å². The third kappa shape index (κ3) is 23.8. The lowest BCUT2D eigenvalue weighted by atomic mass is 9.96. The maximum Gasteiger partial charge on any atom is 0.220 e. The van der Waals surface area contributed by atoms with E-state index in [2.05, 4.69) is 24.4 Å². The van der Waals surface area contributed by atoms with Crippen molar-refractivity contribution in [3.8, 4) is 0 Å². The molecule has 19 nitrogen and oxygen atoms in total. The van der Waals surface area contributed by atoms with E-state index in [4.69, 9.17) is 28.4 Å². The molecule has 0 aromatic rings. The summed E-state index contributed by atoms with van der Waals surface area (Å²) in [4.78, 5) is 12.9. The van der Waals surface area contributed by atoms with Crippen LogP contribution >= 0.6 is 0 Å². The number of unbranched alkanes of at least 4 members (excludes halogenated alkanes) is 22. The highest BCUT2D eigenvalue weighted by Crippen LogP contribution is 2.33. The van der Waals surface area contributed by atoms with Gasteiger partial charge in [0.2, 0.25) is 5.91 Å². The lowest BCUT2D eigenvalue weighted by molar-refractivity contribution is -0.379. The van der Waals surface area contributed by atoms with Gasteiger partial charge in [-0.05, 0) is 32.1 Å². The van der Waals surface area contributed by atoms with Crippen LogP contribution in [0.15, 0.2) is 24.3 Å². The highest BCUT2D eigenvalue weighted by atomic mass is 16.8. The summed E-state index contributed by atoms with van der Waals surface area (Å²) in [6.07, 6.45) is 11.7. The lowest BCUT2D eigenvalue weighted by Crippen LogP contribution is -2.66. The van der Waals surface area contributed by atoms with E-state index in [0.29, 0.717) is 12.8 Å². The molecule has 17 atom stereocenters. The Balaban J connectivity index is 1.40. The van der Waals surface area contributed by atoms with Crippen molar-refractivity contribution in [3.63, 3.8) is 0 Å². The largest absolute Gasteiger partial charge is 0.394 e. The molecule has 3 fully saturated rings. The summed E-state index contributed by atoms with van der Waals surface area (Å²) in [5, 5.41) is 119. The fourth-order valence-corrected chi connectivity index (χ4v) is 9.56. The van der Waals surface area contributed by atoms with Gasteiger partial charge in [0.05, 0.1) is 38.6 Å². The van der Waals surface area contributed by atoms with E-state index in [9.17, 15) is 61.0 Å². The third-order valence-electron chi connectivity index (χ3n) is 14.3. The second-order valence-electron chi connectivity index (χ2n) is 20.4. The number of aliphatic hydroxyl groups is 11. The van der Waals surface area contributed by atoms with Gasteiger partial charge in [-0.1, -0.05) is 167 Å². The van der Waals surface area contributed by atoms with Gasteiger partial charge < -0.3 is 89.9 Å². The molecule has 428 valence electrons. The van der Waals surface area contributed by atoms with Crippen LogP contribution in [0, 0.1) is 0 Å². The van der Waals surface area contributed by atoms with Crippen molar-refractivity contribution < 1.29 is 89.4 Å². The molecule has 17 unspecified atom stereocenters. The van der Waals surface area contributed by atoms with Crippen LogP contribution in [-0.2, 0) is 33.2 Å². The number of allylic oxidation sites excluding steroid dienone is 3. The maximum absolute atomic E-state index is 12.9. The minimum atomic E-state index is -1.98. The first-order valence-corrected chi connectivity index (χ1v) is 28.1. The summed E-state index contributed by atoms with van der Waals surface area (Å²) in [5.41, 5.74) is 0. The predicted octanol–water partition coefficient (Wildman–Crippen LogP) is 3.59. The number of amides is 1. The van der Waals surface area contributed by atoms with Gasteiger partial charge in [-0.2, -0.15) is 0 Å². The van der Waals surface area contributed by atoms with Gasteiger partial charge in [0.15, 0.2) is 18.9 Å². The summed E-state index contributed by atoms with van der Waals surface area (Å²) in [7, 11) is 0. The fourth-order valence-electron chi connectivity index (χ4n) is 9.56. The van der Waals surface area contributed by atoms with E-state index < -0.39 is 124 Å². The van der Waals surface area contributed by atoms with Crippen LogP contribution in [-0.4, -0.2) is 193 Å². The molecule has 3 saturated heterocycles. The van der Waals surface area contributed by atoms with Gasteiger partial charge in [-0.25, -0.2) is 0 Å². The molecule has 0 radical (unpaired) electrons. The molecule has 1 amide bonds. The molecule has 0 aromatic carbocycles.